The van der Waals surface area contributed by atoms with Gasteiger partial charge in [0.2, 0.25) is 0 Å². The highest BCUT2D eigenvalue weighted by atomic mass is 16.6. The summed E-state index contributed by atoms with van der Waals surface area (Å²) in [7, 11) is 1.54. The molecule has 2 N–H and O–H groups in total. The van der Waals surface area contributed by atoms with Gasteiger partial charge in [-0.15, -0.1) is 0 Å². The van der Waals surface area contributed by atoms with Crippen LogP contribution in [0, 0.1) is 11.8 Å². The van der Waals surface area contributed by atoms with Crippen molar-refractivity contribution < 1.29 is 19.1 Å². The van der Waals surface area contributed by atoms with E-state index in [0.717, 1.165) is 0 Å². The molecule has 2 saturated carbocycles. The number of urea groups is 1. The lowest BCUT2D eigenvalue weighted by molar-refractivity contribution is 0.181. The normalized spacial score (nSPS) is 19.8. The number of amides is 3. The number of hydrogen-bond donors (Lipinski definition) is 2. The van der Waals surface area contributed by atoms with E-state index in [-0.39, 0.29) is 12.1 Å². The minimum atomic E-state index is -0.381. The van der Waals surface area contributed by atoms with Gasteiger partial charge in [-0.3, -0.25) is 4.90 Å². The summed E-state index contributed by atoms with van der Waals surface area (Å²) >= 11 is 0. The Hall–Kier alpha value is -2.44. The van der Waals surface area contributed by atoms with Crippen molar-refractivity contribution in [2.45, 2.75) is 31.7 Å². The lowest BCUT2D eigenvalue weighted by atomic mass is 10.1. The molecule has 0 radical (unpaired) electrons. The van der Waals surface area contributed by atoms with Crippen LogP contribution >= 0.6 is 0 Å². The Morgan fingerprint density at radius 2 is 2.00 bits per heavy atom. The molecule has 0 spiro atoms. The highest BCUT2D eigenvalue weighted by Crippen LogP contribution is 2.44. The first-order valence-corrected chi connectivity index (χ1v) is 8.85. The third-order valence-corrected chi connectivity index (χ3v) is 5.05. The molecule has 3 aliphatic rings. The molecule has 7 nitrogen and oxygen atoms in total. The molecule has 1 saturated heterocycles. The van der Waals surface area contributed by atoms with Crippen LogP contribution in [-0.2, 0) is 4.74 Å². The number of carbonyl (C=O) groups excluding carboxylic acids is 2. The molecule has 134 valence electrons. The first kappa shape index (κ1) is 16.1. The van der Waals surface area contributed by atoms with E-state index in [1.165, 1.54) is 30.6 Å². The number of nitrogens with zero attached hydrogens (tertiary/aromatic N) is 1. The predicted molar refractivity (Wildman–Crippen MR) is 93.1 cm³/mol. The Labute approximate surface area is 146 Å². The van der Waals surface area contributed by atoms with Crippen LogP contribution in [0.3, 0.4) is 0 Å². The topological polar surface area (TPSA) is 79.9 Å². The molecule has 0 unspecified atom stereocenters. The second-order valence-electron chi connectivity index (χ2n) is 6.95. The largest absolute Gasteiger partial charge is 0.494 e. The monoisotopic (exact) mass is 345 g/mol. The fourth-order valence-electron chi connectivity index (χ4n) is 3.44. The molecule has 1 aromatic rings. The number of methoxy groups -OCH3 is 1. The van der Waals surface area contributed by atoms with Crippen molar-refractivity contribution in [2.75, 3.05) is 30.5 Å². The van der Waals surface area contributed by atoms with E-state index < -0.39 is 0 Å². The lowest BCUT2D eigenvalue weighted by Crippen LogP contribution is -2.40. The Morgan fingerprint density at radius 1 is 1.28 bits per heavy atom. The van der Waals surface area contributed by atoms with Gasteiger partial charge in [-0.25, -0.2) is 9.59 Å². The summed E-state index contributed by atoms with van der Waals surface area (Å²) in [6.07, 6.45) is 4.49. The molecule has 7 heteroatoms. The van der Waals surface area contributed by atoms with Crippen molar-refractivity contribution in [3.63, 3.8) is 0 Å². The maximum atomic E-state index is 12.3. The number of benzene rings is 1. The minimum absolute atomic E-state index is 0.181. The molecule has 0 aromatic heterocycles. The van der Waals surface area contributed by atoms with E-state index in [2.05, 4.69) is 10.6 Å². The van der Waals surface area contributed by atoms with Crippen molar-refractivity contribution in [1.82, 2.24) is 5.32 Å². The standard InChI is InChI=1S/C18H23N3O4/c1-24-15-10-13(6-7-14(15)21-8-9-25-18(21)23)19-17(22)20-16(11-2-3-11)12-4-5-12/h6-7,10-12,16H,2-5,8-9H2,1H3,(H2,19,20,22). The number of ether oxygens (including phenoxy) is 2. The van der Waals surface area contributed by atoms with Gasteiger partial charge in [-0.2, -0.15) is 0 Å². The fraction of sp³-hybridized carbons (Fsp3) is 0.556. The van der Waals surface area contributed by atoms with Gasteiger partial charge in [0, 0.05) is 17.8 Å². The van der Waals surface area contributed by atoms with Gasteiger partial charge < -0.3 is 20.1 Å². The minimum Gasteiger partial charge on any atom is -0.494 e. The van der Waals surface area contributed by atoms with Crippen molar-refractivity contribution in [3.8, 4) is 5.75 Å². The van der Waals surface area contributed by atoms with E-state index in [0.29, 0.717) is 48.2 Å². The smallest absolute Gasteiger partial charge is 0.414 e. The number of rotatable bonds is 6. The second kappa shape index (κ2) is 6.46. The summed E-state index contributed by atoms with van der Waals surface area (Å²) in [4.78, 5) is 25.6. The molecule has 25 heavy (non-hydrogen) atoms. The van der Waals surface area contributed by atoms with Gasteiger partial charge >= 0.3 is 12.1 Å². The highest BCUT2D eigenvalue weighted by Gasteiger charge is 2.42. The van der Waals surface area contributed by atoms with Crippen molar-refractivity contribution >= 4 is 23.5 Å². The zero-order valence-corrected chi connectivity index (χ0v) is 14.3. The first-order chi connectivity index (χ1) is 12.2. The summed E-state index contributed by atoms with van der Waals surface area (Å²) in [6.45, 7) is 0.862. The zero-order chi connectivity index (χ0) is 17.4. The molecule has 3 amide bonds. The molecular formula is C18H23N3O4. The van der Waals surface area contributed by atoms with E-state index in [1.54, 1.807) is 25.3 Å². The van der Waals surface area contributed by atoms with E-state index in [4.69, 9.17) is 9.47 Å². The number of hydrogen-bond acceptors (Lipinski definition) is 4. The van der Waals surface area contributed by atoms with Gasteiger partial charge in [0.1, 0.15) is 12.4 Å². The van der Waals surface area contributed by atoms with Crippen molar-refractivity contribution in [3.05, 3.63) is 18.2 Å². The van der Waals surface area contributed by atoms with Gasteiger partial charge in [0.25, 0.3) is 0 Å². The molecule has 1 aromatic carbocycles. The Kier molecular flexibility index (Phi) is 4.15. The molecule has 0 atom stereocenters. The van der Waals surface area contributed by atoms with Crippen LogP contribution in [-0.4, -0.2) is 38.4 Å². The number of cyclic esters (lactones) is 1. The molecule has 4 rings (SSSR count). The molecular weight excluding hydrogens is 322 g/mol. The quantitative estimate of drug-likeness (QED) is 0.831. The van der Waals surface area contributed by atoms with Gasteiger partial charge in [0.15, 0.2) is 0 Å². The Morgan fingerprint density at radius 3 is 2.56 bits per heavy atom. The average Bonchev–Trinajstić information content (AvgIpc) is 3.52. The van der Waals surface area contributed by atoms with E-state index in [9.17, 15) is 9.59 Å². The summed E-state index contributed by atoms with van der Waals surface area (Å²) < 4.78 is 10.4. The summed E-state index contributed by atoms with van der Waals surface area (Å²) in [5.41, 5.74) is 1.28. The number of carbonyl (C=O) groups is 2. The maximum Gasteiger partial charge on any atom is 0.414 e. The lowest BCUT2D eigenvalue weighted by Gasteiger charge is -2.20. The van der Waals surface area contributed by atoms with Crippen LogP contribution in [0.4, 0.5) is 21.0 Å². The van der Waals surface area contributed by atoms with Crippen LogP contribution in [0.5, 0.6) is 5.75 Å². The average molecular weight is 345 g/mol. The van der Waals surface area contributed by atoms with Gasteiger partial charge in [-0.05, 0) is 49.7 Å². The van der Waals surface area contributed by atoms with E-state index in [1.807, 2.05) is 0 Å². The van der Waals surface area contributed by atoms with Crippen LogP contribution in [0.2, 0.25) is 0 Å². The van der Waals surface area contributed by atoms with Crippen LogP contribution in [0.1, 0.15) is 25.7 Å². The Bertz CT molecular complexity index is 673. The van der Waals surface area contributed by atoms with Crippen molar-refractivity contribution in [1.29, 1.82) is 0 Å². The SMILES string of the molecule is COc1cc(NC(=O)NC(C2CC2)C2CC2)ccc1N1CCOC1=O. The highest BCUT2D eigenvalue weighted by molar-refractivity contribution is 5.93. The maximum absolute atomic E-state index is 12.3. The Balaban J connectivity index is 1.43. The number of anilines is 2. The molecule has 1 heterocycles. The van der Waals surface area contributed by atoms with Gasteiger partial charge in [-0.1, -0.05) is 0 Å². The van der Waals surface area contributed by atoms with Crippen LogP contribution in [0.25, 0.3) is 0 Å². The zero-order valence-electron chi connectivity index (χ0n) is 14.3. The molecule has 0 bridgehead atoms. The first-order valence-electron chi connectivity index (χ1n) is 8.85. The molecule has 1 aliphatic heterocycles. The third kappa shape index (κ3) is 3.50. The summed E-state index contributed by atoms with van der Waals surface area (Å²) in [6, 6.07) is 5.39. The fourth-order valence-corrected chi connectivity index (χ4v) is 3.44. The van der Waals surface area contributed by atoms with E-state index >= 15 is 0 Å². The van der Waals surface area contributed by atoms with Gasteiger partial charge in [0.05, 0.1) is 19.3 Å². The van der Waals surface area contributed by atoms with Crippen LogP contribution in [0.15, 0.2) is 18.2 Å². The summed E-state index contributed by atoms with van der Waals surface area (Å²) in [5.74, 6) is 1.82. The number of nitrogens with one attached hydrogen (secondary N) is 2. The summed E-state index contributed by atoms with van der Waals surface area (Å²) in [5, 5.41) is 6.00. The second-order valence-corrected chi connectivity index (χ2v) is 6.95. The molecule has 2 aliphatic carbocycles. The third-order valence-electron chi connectivity index (χ3n) is 5.05. The van der Waals surface area contributed by atoms with Crippen molar-refractivity contribution in [2.24, 2.45) is 11.8 Å². The molecule has 3 fully saturated rings. The predicted octanol–water partition coefficient (Wildman–Crippen LogP) is 2.96. The van der Waals surface area contributed by atoms with Crippen LogP contribution < -0.4 is 20.3 Å².